The predicted molar refractivity (Wildman–Crippen MR) is 107 cm³/mol. The van der Waals surface area contributed by atoms with Gasteiger partial charge in [-0.3, -0.25) is 4.79 Å². The van der Waals surface area contributed by atoms with Gasteiger partial charge in [0, 0.05) is 6.54 Å². The predicted octanol–water partition coefficient (Wildman–Crippen LogP) is 2.46. The maximum Gasteiger partial charge on any atom is 0.291 e. The third-order valence-corrected chi connectivity index (χ3v) is 7.71. The Morgan fingerprint density at radius 2 is 1.76 bits per heavy atom. The molecule has 1 unspecified atom stereocenters. The van der Waals surface area contributed by atoms with Gasteiger partial charge in [0.25, 0.3) is 5.56 Å². The van der Waals surface area contributed by atoms with Crippen LogP contribution in [0.3, 0.4) is 0 Å². The topological polar surface area (TPSA) is 90.7 Å². The number of sulfonamides is 1. The van der Waals surface area contributed by atoms with E-state index in [0.29, 0.717) is 31.9 Å². The lowest BCUT2D eigenvalue weighted by molar-refractivity contribution is -0.0913. The maximum absolute atomic E-state index is 13.3. The molecule has 0 bridgehead atoms. The van der Waals surface area contributed by atoms with Gasteiger partial charge in [-0.25, -0.2) is 8.42 Å². The molecular formula is C18H19Cl2N3O5S. The van der Waals surface area contributed by atoms with Crippen molar-refractivity contribution >= 4 is 33.2 Å². The van der Waals surface area contributed by atoms with Crippen molar-refractivity contribution in [3.05, 3.63) is 50.9 Å². The van der Waals surface area contributed by atoms with Gasteiger partial charge in [-0.05, 0) is 37.1 Å². The molecule has 11 heteroatoms. The van der Waals surface area contributed by atoms with Crippen LogP contribution in [-0.4, -0.2) is 54.6 Å². The molecule has 3 heterocycles. The highest BCUT2D eigenvalue weighted by atomic mass is 35.5. The lowest BCUT2D eigenvalue weighted by Crippen LogP contribution is -2.50. The Kier molecular flexibility index (Phi) is 5.97. The van der Waals surface area contributed by atoms with Crippen LogP contribution in [0.4, 0.5) is 0 Å². The van der Waals surface area contributed by atoms with Gasteiger partial charge in [0.05, 0.1) is 41.1 Å². The fourth-order valence-electron chi connectivity index (χ4n) is 3.59. The molecule has 2 saturated heterocycles. The fourth-order valence-corrected chi connectivity index (χ4v) is 5.53. The van der Waals surface area contributed by atoms with E-state index in [-0.39, 0.29) is 21.0 Å². The summed E-state index contributed by atoms with van der Waals surface area (Å²) in [5.74, 6) is 0. The lowest BCUT2D eigenvalue weighted by atomic mass is 10.0. The number of nitrogens with zero attached hydrogens (tertiary/aromatic N) is 3. The van der Waals surface area contributed by atoms with Gasteiger partial charge in [0.2, 0.25) is 10.0 Å². The molecule has 8 nitrogen and oxygen atoms in total. The zero-order valence-corrected chi connectivity index (χ0v) is 17.7. The Balaban J connectivity index is 1.64. The molecular weight excluding hydrogens is 441 g/mol. The molecule has 0 saturated carbocycles. The second-order valence-corrected chi connectivity index (χ2v) is 9.48. The van der Waals surface area contributed by atoms with Crippen LogP contribution >= 0.6 is 23.2 Å². The Labute approximate surface area is 178 Å². The quantitative estimate of drug-likeness (QED) is 0.697. The van der Waals surface area contributed by atoms with Gasteiger partial charge >= 0.3 is 0 Å². The van der Waals surface area contributed by atoms with E-state index in [1.807, 2.05) is 0 Å². The normalized spacial score (nSPS) is 21.5. The van der Waals surface area contributed by atoms with E-state index >= 15 is 0 Å². The molecule has 1 aromatic carbocycles. The van der Waals surface area contributed by atoms with Crippen LogP contribution in [-0.2, 0) is 19.5 Å². The Morgan fingerprint density at radius 1 is 1.07 bits per heavy atom. The van der Waals surface area contributed by atoms with Crippen LogP contribution in [0.5, 0.6) is 0 Å². The highest BCUT2D eigenvalue weighted by Crippen LogP contribution is 2.30. The van der Waals surface area contributed by atoms with Crippen LogP contribution in [0.1, 0.15) is 19.3 Å². The molecule has 0 aliphatic carbocycles. The number of hydrogen-bond acceptors (Lipinski definition) is 6. The van der Waals surface area contributed by atoms with Gasteiger partial charge in [0.1, 0.15) is 5.02 Å². The van der Waals surface area contributed by atoms with Crippen LogP contribution in [0.25, 0.3) is 5.69 Å². The van der Waals surface area contributed by atoms with Crippen molar-refractivity contribution in [1.29, 1.82) is 0 Å². The average molecular weight is 460 g/mol. The summed E-state index contributed by atoms with van der Waals surface area (Å²) in [5, 5.41) is 3.86. The van der Waals surface area contributed by atoms with Crippen LogP contribution in [0, 0.1) is 0 Å². The van der Waals surface area contributed by atoms with Gasteiger partial charge in [-0.1, -0.05) is 29.6 Å². The highest BCUT2D eigenvalue weighted by molar-refractivity contribution is 7.89. The molecule has 156 valence electrons. The number of piperidine rings is 1. The monoisotopic (exact) mass is 459 g/mol. The maximum atomic E-state index is 13.3. The summed E-state index contributed by atoms with van der Waals surface area (Å²) >= 11 is 11.7. The zero-order chi connectivity index (χ0) is 20.6. The van der Waals surface area contributed by atoms with Crippen molar-refractivity contribution in [2.45, 2.75) is 36.5 Å². The second kappa shape index (κ2) is 8.33. The molecule has 0 radical (unpaired) electrons. The van der Waals surface area contributed by atoms with Crippen molar-refractivity contribution in [2.24, 2.45) is 0 Å². The van der Waals surface area contributed by atoms with Gasteiger partial charge in [-0.15, -0.1) is 0 Å². The largest absolute Gasteiger partial charge is 0.349 e. The first-order valence-electron chi connectivity index (χ1n) is 9.18. The number of hydrogen-bond donors (Lipinski definition) is 0. The van der Waals surface area contributed by atoms with Crippen LogP contribution < -0.4 is 5.56 Å². The SMILES string of the molecule is O=c1c(Cl)c(Cl)cnn1-c1ccc(S(=O)(=O)N2CCCCC2C2OCCO2)cc1. The van der Waals surface area contributed by atoms with Crippen molar-refractivity contribution in [3.63, 3.8) is 0 Å². The number of benzene rings is 1. The summed E-state index contributed by atoms with van der Waals surface area (Å²) in [4.78, 5) is 12.4. The van der Waals surface area contributed by atoms with Crippen molar-refractivity contribution in [3.8, 4) is 5.69 Å². The van der Waals surface area contributed by atoms with E-state index in [2.05, 4.69) is 5.10 Å². The van der Waals surface area contributed by atoms with Crippen molar-refractivity contribution in [1.82, 2.24) is 14.1 Å². The standard InChI is InChI=1S/C18H19Cl2N3O5S/c19-14-11-21-23(17(24)16(14)20)12-4-6-13(7-5-12)29(25,26)22-8-2-1-3-15(22)18-27-9-10-28-18/h4-7,11,15,18H,1-3,8-10H2. The molecule has 0 spiro atoms. The van der Waals surface area contributed by atoms with E-state index in [1.165, 1.54) is 34.8 Å². The van der Waals surface area contributed by atoms with Gasteiger partial charge in [-0.2, -0.15) is 14.1 Å². The van der Waals surface area contributed by atoms with E-state index < -0.39 is 21.9 Å². The summed E-state index contributed by atoms with van der Waals surface area (Å²) in [6.07, 6.45) is 3.11. The minimum Gasteiger partial charge on any atom is -0.349 e. The third-order valence-electron chi connectivity index (χ3n) is 5.02. The summed E-state index contributed by atoms with van der Waals surface area (Å²) < 4.78 is 40.2. The van der Waals surface area contributed by atoms with Gasteiger partial charge in [0.15, 0.2) is 6.29 Å². The smallest absolute Gasteiger partial charge is 0.291 e. The molecule has 0 amide bonds. The molecule has 29 heavy (non-hydrogen) atoms. The molecule has 0 N–H and O–H groups in total. The first kappa shape index (κ1) is 20.8. The fraction of sp³-hybridized carbons (Fsp3) is 0.444. The molecule has 1 aromatic heterocycles. The van der Waals surface area contributed by atoms with Crippen molar-refractivity contribution in [2.75, 3.05) is 19.8 Å². The molecule has 2 fully saturated rings. The number of ether oxygens (including phenoxy) is 2. The molecule has 2 aliphatic rings. The first-order chi connectivity index (χ1) is 13.9. The summed E-state index contributed by atoms with van der Waals surface area (Å²) in [7, 11) is -3.75. The van der Waals surface area contributed by atoms with E-state index in [1.54, 1.807) is 0 Å². The average Bonchev–Trinajstić information content (AvgIpc) is 3.27. The second-order valence-electron chi connectivity index (χ2n) is 6.81. The molecule has 2 aromatic rings. The molecule has 2 aliphatic heterocycles. The Hall–Kier alpha value is -1.49. The highest BCUT2D eigenvalue weighted by Gasteiger charge is 2.40. The lowest BCUT2D eigenvalue weighted by Gasteiger charge is -2.36. The number of halogens is 2. The Morgan fingerprint density at radius 3 is 2.45 bits per heavy atom. The summed E-state index contributed by atoms with van der Waals surface area (Å²) in [6, 6.07) is 5.56. The van der Waals surface area contributed by atoms with E-state index in [9.17, 15) is 13.2 Å². The summed E-state index contributed by atoms with van der Waals surface area (Å²) in [6.45, 7) is 1.34. The molecule has 1 atom stereocenters. The Bertz CT molecular complexity index is 1050. The van der Waals surface area contributed by atoms with Crippen LogP contribution in [0.15, 0.2) is 40.2 Å². The first-order valence-corrected chi connectivity index (χ1v) is 11.4. The minimum absolute atomic E-state index is 0.0552. The van der Waals surface area contributed by atoms with E-state index in [0.717, 1.165) is 17.5 Å². The third kappa shape index (κ3) is 3.95. The van der Waals surface area contributed by atoms with Crippen LogP contribution in [0.2, 0.25) is 10.0 Å². The number of aromatic nitrogens is 2. The minimum atomic E-state index is -3.75. The van der Waals surface area contributed by atoms with E-state index in [4.69, 9.17) is 32.7 Å². The summed E-state index contributed by atoms with van der Waals surface area (Å²) in [5.41, 5.74) is -0.202. The zero-order valence-electron chi connectivity index (χ0n) is 15.3. The molecule has 4 rings (SSSR count). The van der Waals surface area contributed by atoms with Crippen molar-refractivity contribution < 1.29 is 17.9 Å². The van der Waals surface area contributed by atoms with Gasteiger partial charge < -0.3 is 9.47 Å². The number of rotatable bonds is 4.